The summed E-state index contributed by atoms with van der Waals surface area (Å²) in [4.78, 5) is 13.3. The first-order valence-electron chi connectivity index (χ1n) is 11.0. The first-order chi connectivity index (χ1) is 16.5. The van der Waals surface area contributed by atoms with Crippen LogP contribution in [0.25, 0.3) is 0 Å². The van der Waals surface area contributed by atoms with Gasteiger partial charge in [0, 0.05) is 40.9 Å². The first-order valence-corrected chi connectivity index (χ1v) is 13.8. The van der Waals surface area contributed by atoms with Crippen molar-refractivity contribution >= 4 is 26.0 Å². The van der Waals surface area contributed by atoms with Crippen LogP contribution in [0.2, 0.25) is 0 Å². The molecule has 2 aromatic carbocycles. The van der Waals surface area contributed by atoms with Crippen LogP contribution in [0.5, 0.6) is 5.75 Å². The third-order valence-electron chi connectivity index (χ3n) is 5.45. The molecule has 1 atom stereocenters. The van der Waals surface area contributed by atoms with Gasteiger partial charge >= 0.3 is 10.1 Å². The van der Waals surface area contributed by atoms with Crippen molar-refractivity contribution in [2.45, 2.75) is 35.3 Å². The van der Waals surface area contributed by atoms with Gasteiger partial charge in [-0.15, -0.1) is 0 Å². The molecule has 0 aliphatic carbocycles. The molecule has 0 bridgehead atoms. The van der Waals surface area contributed by atoms with Crippen molar-refractivity contribution in [1.82, 2.24) is 9.21 Å². The second-order valence-corrected chi connectivity index (χ2v) is 11.9. The average Bonchev–Trinajstić information content (AvgIpc) is 3.33. The van der Waals surface area contributed by atoms with E-state index in [-0.39, 0.29) is 29.3 Å². The Bertz CT molecular complexity index is 1220. The molecule has 35 heavy (non-hydrogen) atoms. The maximum Gasteiger partial charge on any atom is 0.340 e. The van der Waals surface area contributed by atoms with E-state index in [1.807, 2.05) is 0 Å². The fourth-order valence-electron chi connectivity index (χ4n) is 3.61. The standard InChI is InChI=1S/C23H30N2O8S2/c1-24(2)34(27,28)21-8-4-5-9-22(21)35(29,30)33-19-12-10-18(11-13-19)15-25(23(26)17-31-3)16-20-7-6-14-32-20/h4-5,8-13,20H,6-7,14-17H2,1-3H3. The first kappa shape index (κ1) is 27.1. The lowest BCUT2D eigenvalue weighted by Gasteiger charge is -2.25. The zero-order valence-corrected chi connectivity index (χ0v) is 21.5. The molecule has 2 aromatic rings. The van der Waals surface area contributed by atoms with Crippen molar-refractivity contribution in [2.24, 2.45) is 0 Å². The SMILES string of the molecule is COCC(=O)N(Cc1ccc(OS(=O)(=O)c2ccccc2S(=O)(=O)N(C)C)cc1)CC1CCCO1. The van der Waals surface area contributed by atoms with Crippen molar-refractivity contribution in [1.29, 1.82) is 0 Å². The van der Waals surface area contributed by atoms with Crippen molar-refractivity contribution in [2.75, 3.05) is 41.0 Å². The number of sulfonamides is 1. The molecule has 12 heteroatoms. The number of carbonyl (C=O) groups is 1. The van der Waals surface area contributed by atoms with Crippen molar-refractivity contribution in [3.63, 3.8) is 0 Å². The molecule has 0 aromatic heterocycles. The molecule has 1 amide bonds. The Kier molecular flexibility index (Phi) is 8.89. The number of nitrogens with zero attached hydrogens (tertiary/aromatic N) is 2. The molecular formula is C23H30N2O8S2. The van der Waals surface area contributed by atoms with Gasteiger partial charge in [0.25, 0.3) is 0 Å². The van der Waals surface area contributed by atoms with E-state index in [0.717, 1.165) is 22.7 Å². The summed E-state index contributed by atoms with van der Waals surface area (Å²) in [7, 11) is -4.36. The lowest BCUT2D eigenvalue weighted by molar-refractivity contribution is -0.137. The Hall–Kier alpha value is -2.51. The van der Waals surface area contributed by atoms with Crippen molar-refractivity contribution < 1.29 is 35.3 Å². The van der Waals surface area contributed by atoms with Crippen molar-refractivity contribution in [3.8, 4) is 5.75 Å². The third kappa shape index (κ3) is 6.79. The van der Waals surface area contributed by atoms with Gasteiger partial charge in [0.1, 0.15) is 22.1 Å². The van der Waals surface area contributed by atoms with E-state index in [2.05, 4.69) is 0 Å². The second kappa shape index (κ2) is 11.5. The van der Waals surface area contributed by atoms with Crippen LogP contribution < -0.4 is 4.18 Å². The average molecular weight is 527 g/mol. The smallest absolute Gasteiger partial charge is 0.340 e. The molecule has 1 fully saturated rings. The Morgan fingerprint density at radius 1 is 1.03 bits per heavy atom. The molecule has 0 N–H and O–H groups in total. The monoisotopic (exact) mass is 526 g/mol. The summed E-state index contributed by atoms with van der Waals surface area (Å²) in [6, 6.07) is 11.5. The van der Waals surface area contributed by atoms with Crippen LogP contribution in [0.3, 0.4) is 0 Å². The largest absolute Gasteiger partial charge is 0.379 e. The van der Waals surface area contributed by atoms with Gasteiger partial charge in [0.2, 0.25) is 15.9 Å². The highest BCUT2D eigenvalue weighted by Gasteiger charge is 2.29. The minimum atomic E-state index is -4.44. The van der Waals surface area contributed by atoms with Gasteiger partial charge in [-0.2, -0.15) is 8.42 Å². The number of carbonyl (C=O) groups excluding carboxylic acids is 1. The molecule has 3 rings (SSSR count). The predicted molar refractivity (Wildman–Crippen MR) is 128 cm³/mol. The molecule has 1 aliphatic heterocycles. The van der Waals surface area contributed by atoms with E-state index in [4.69, 9.17) is 13.7 Å². The van der Waals surface area contributed by atoms with Crippen LogP contribution in [-0.2, 0) is 41.0 Å². The molecule has 0 spiro atoms. The lowest BCUT2D eigenvalue weighted by Crippen LogP contribution is -2.38. The number of ether oxygens (including phenoxy) is 2. The number of amides is 1. The Balaban J connectivity index is 1.77. The number of methoxy groups -OCH3 is 1. The van der Waals surface area contributed by atoms with E-state index in [0.29, 0.717) is 19.7 Å². The fourth-order valence-corrected chi connectivity index (χ4v) is 6.21. The van der Waals surface area contributed by atoms with Crippen LogP contribution in [0.15, 0.2) is 58.3 Å². The topological polar surface area (TPSA) is 120 Å². The predicted octanol–water partition coefficient (Wildman–Crippen LogP) is 1.86. The van der Waals surface area contributed by atoms with Gasteiger partial charge in [-0.1, -0.05) is 24.3 Å². The summed E-state index contributed by atoms with van der Waals surface area (Å²) in [6.45, 7) is 1.35. The molecule has 1 heterocycles. The highest BCUT2D eigenvalue weighted by Crippen LogP contribution is 2.26. The number of rotatable bonds is 11. The van der Waals surface area contributed by atoms with Gasteiger partial charge in [-0.3, -0.25) is 4.79 Å². The molecule has 1 aliphatic rings. The summed E-state index contributed by atoms with van der Waals surface area (Å²) >= 11 is 0. The van der Waals surface area contributed by atoms with Crippen LogP contribution in [0.4, 0.5) is 0 Å². The minimum Gasteiger partial charge on any atom is -0.379 e. The van der Waals surface area contributed by atoms with E-state index in [9.17, 15) is 21.6 Å². The number of hydrogen-bond donors (Lipinski definition) is 0. The summed E-state index contributed by atoms with van der Waals surface area (Å²) in [5.74, 6) is -0.163. The maximum absolute atomic E-state index is 12.9. The maximum atomic E-state index is 12.9. The summed E-state index contributed by atoms with van der Waals surface area (Å²) in [5, 5.41) is 0. The van der Waals surface area contributed by atoms with Crippen LogP contribution in [0.1, 0.15) is 18.4 Å². The molecule has 0 radical (unpaired) electrons. The van der Waals surface area contributed by atoms with E-state index >= 15 is 0 Å². The van der Waals surface area contributed by atoms with Crippen LogP contribution in [0, 0.1) is 0 Å². The molecule has 10 nitrogen and oxygen atoms in total. The normalized spacial score (nSPS) is 16.4. The lowest BCUT2D eigenvalue weighted by atomic mass is 10.1. The van der Waals surface area contributed by atoms with Gasteiger partial charge in [-0.25, -0.2) is 12.7 Å². The zero-order valence-electron chi connectivity index (χ0n) is 19.9. The van der Waals surface area contributed by atoms with Crippen LogP contribution >= 0.6 is 0 Å². The van der Waals surface area contributed by atoms with Gasteiger partial charge in [0.15, 0.2) is 0 Å². The number of benzene rings is 2. The molecule has 1 saturated heterocycles. The van der Waals surface area contributed by atoms with E-state index < -0.39 is 25.0 Å². The van der Waals surface area contributed by atoms with Crippen molar-refractivity contribution in [3.05, 3.63) is 54.1 Å². The molecular weight excluding hydrogens is 496 g/mol. The Labute approximate surface area is 206 Å². The third-order valence-corrected chi connectivity index (χ3v) is 8.76. The van der Waals surface area contributed by atoms with Gasteiger partial charge in [0.05, 0.1) is 6.10 Å². The summed E-state index contributed by atoms with van der Waals surface area (Å²) in [6.07, 6.45) is 1.81. The molecule has 192 valence electrons. The summed E-state index contributed by atoms with van der Waals surface area (Å²) < 4.78 is 67.8. The Morgan fingerprint density at radius 3 is 2.26 bits per heavy atom. The van der Waals surface area contributed by atoms with E-state index in [1.165, 1.54) is 57.6 Å². The number of hydrogen-bond acceptors (Lipinski definition) is 8. The van der Waals surface area contributed by atoms with E-state index in [1.54, 1.807) is 17.0 Å². The zero-order chi connectivity index (χ0) is 25.6. The van der Waals surface area contributed by atoms with Gasteiger partial charge < -0.3 is 18.6 Å². The molecule has 1 unspecified atom stereocenters. The Morgan fingerprint density at radius 2 is 1.69 bits per heavy atom. The second-order valence-electron chi connectivity index (χ2n) is 8.26. The quantitative estimate of drug-likeness (QED) is 0.407. The fraction of sp³-hybridized carbons (Fsp3) is 0.435. The van der Waals surface area contributed by atoms with Gasteiger partial charge in [-0.05, 0) is 42.7 Å². The highest BCUT2D eigenvalue weighted by molar-refractivity contribution is 7.91. The van der Waals surface area contributed by atoms with Crippen LogP contribution in [-0.4, -0.2) is 79.0 Å². The minimum absolute atomic E-state index is 0.0136. The summed E-state index contributed by atoms with van der Waals surface area (Å²) in [5.41, 5.74) is 0.757. The molecule has 0 saturated carbocycles. The highest BCUT2D eigenvalue weighted by atomic mass is 32.2.